The highest BCUT2D eigenvalue weighted by Crippen LogP contribution is 2.28. The van der Waals surface area contributed by atoms with Crippen LogP contribution in [0, 0.1) is 0 Å². The number of rotatable bonds is 2. The van der Waals surface area contributed by atoms with Crippen LogP contribution in [0.25, 0.3) is 0 Å². The van der Waals surface area contributed by atoms with Crippen molar-refractivity contribution in [2.24, 2.45) is 7.05 Å². The molecule has 1 aliphatic heterocycles. The number of thiol groups is 1. The van der Waals surface area contributed by atoms with Crippen LogP contribution < -0.4 is 0 Å². The fraction of sp³-hybridized carbons (Fsp3) is 0.700. The van der Waals surface area contributed by atoms with Crippen LogP contribution in [0.15, 0.2) is 6.20 Å². The third-order valence-corrected chi connectivity index (χ3v) is 3.06. The van der Waals surface area contributed by atoms with Crippen molar-refractivity contribution >= 4 is 12.6 Å². The Balaban J connectivity index is 2.20. The van der Waals surface area contributed by atoms with Gasteiger partial charge in [-0.2, -0.15) is 17.7 Å². The summed E-state index contributed by atoms with van der Waals surface area (Å²) in [5.41, 5.74) is 2.49. The van der Waals surface area contributed by atoms with Crippen molar-refractivity contribution in [2.45, 2.75) is 24.5 Å². The Morgan fingerprint density at radius 2 is 2.29 bits per heavy atom. The second-order valence-electron chi connectivity index (χ2n) is 3.76. The van der Waals surface area contributed by atoms with Gasteiger partial charge in [-0.15, -0.1) is 0 Å². The summed E-state index contributed by atoms with van der Waals surface area (Å²) in [4.78, 5) is 0. The average molecular weight is 212 g/mol. The summed E-state index contributed by atoms with van der Waals surface area (Å²) in [6.07, 6.45) is 4.26. The van der Waals surface area contributed by atoms with E-state index in [-0.39, 0.29) is 0 Å². The van der Waals surface area contributed by atoms with Gasteiger partial charge in [-0.25, -0.2) is 0 Å². The third-order valence-electron chi connectivity index (χ3n) is 2.72. The van der Waals surface area contributed by atoms with Gasteiger partial charge in [0.15, 0.2) is 0 Å². The summed E-state index contributed by atoms with van der Waals surface area (Å²) in [5, 5.41) is 4.52. The minimum absolute atomic E-state index is 0.576. The SMILES string of the molecule is Cn1cc(CS)c(C2CCOCC2)n1. The summed E-state index contributed by atoms with van der Waals surface area (Å²) < 4.78 is 7.23. The lowest BCUT2D eigenvalue weighted by Gasteiger charge is -2.21. The van der Waals surface area contributed by atoms with Crippen molar-refractivity contribution in [1.29, 1.82) is 0 Å². The predicted octanol–water partition coefficient (Wildman–Crippen LogP) is 1.74. The molecule has 0 unspecified atom stereocenters. The van der Waals surface area contributed by atoms with Gasteiger partial charge in [0.05, 0.1) is 5.69 Å². The number of hydrogen-bond acceptors (Lipinski definition) is 3. The number of aromatic nitrogens is 2. The molecule has 3 nitrogen and oxygen atoms in total. The lowest BCUT2D eigenvalue weighted by Crippen LogP contribution is -2.15. The zero-order chi connectivity index (χ0) is 9.97. The Morgan fingerprint density at radius 3 is 2.93 bits per heavy atom. The van der Waals surface area contributed by atoms with Crippen LogP contribution in [0.1, 0.15) is 30.0 Å². The van der Waals surface area contributed by atoms with Gasteiger partial charge in [0.1, 0.15) is 0 Å². The molecule has 0 radical (unpaired) electrons. The Hall–Kier alpha value is -0.480. The molecule has 0 aliphatic carbocycles. The van der Waals surface area contributed by atoms with Crippen LogP contribution in [-0.4, -0.2) is 23.0 Å². The molecule has 2 rings (SSSR count). The maximum absolute atomic E-state index is 5.35. The highest BCUT2D eigenvalue weighted by atomic mass is 32.1. The van der Waals surface area contributed by atoms with E-state index in [4.69, 9.17) is 4.74 Å². The fourth-order valence-corrected chi connectivity index (χ4v) is 2.24. The first-order valence-corrected chi connectivity index (χ1v) is 5.65. The molecule has 0 N–H and O–H groups in total. The lowest BCUT2D eigenvalue weighted by molar-refractivity contribution is 0.0842. The van der Waals surface area contributed by atoms with Gasteiger partial charge >= 0.3 is 0 Å². The van der Waals surface area contributed by atoms with Gasteiger partial charge in [0.25, 0.3) is 0 Å². The van der Waals surface area contributed by atoms with Gasteiger partial charge in [-0.05, 0) is 12.8 Å². The van der Waals surface area contributed by atoms with E-state index in [1.54, 1.807) is 0 Å². The Labute approximate surface area is 89.9 Å². The van der Waals surface area contributed by atoms with Crippen LogP contribution >= 0.6 is 12.6 Å². The molecule has 1 aromatic rings. The minimum atomic E-state index is 0.576. The average Bonchev–Trinajstić information content (AvgIpc) is 2.61. The molecular weight excluding hydrogens is 196 g/mol. The van der Waals surface area contributed by atoms with E-state index in [0.717, 1.165) is 31.8 Å². The molecule has 1 fully saturated rings. The van der Waals surface area contributed by atoms with Gasteiger partial charge in [0, 0.05) is 43.7 Å². The topological polar surface area (TPSA) is 27.1 Å². The summed E-state index contributed by atoms with van der Waals surface area (Å²) in [7, 11) is 1.97. The summed E-state index contributed by atoms with van der Waals surface area (Å²) in [6.45, 7) is 1.74. The maximum atomic E-state index is 5.35. The first-order valence-electron chi connectivity index (χ1n) is 5.02. The molecular formula is C10H16N2OS. The van der Waals surface area contributed by atoms with Crippen molar-refractivity contribution in [2.75, 3.05) is 13.2 Å². The molecule has 78 valence electrons. The van der Waals surface area contributed by atoms with E-state index in [1.165, 1.54) is 11.3 Å². The van der Waals surface area contributed by atoms with Gasteiger partial charge in [-0.1, -0.05) is 0 Å². The Kier molecular flexibility index (Phi) is 3.13. The molecule has 1 saturated heterocycles. The molecule has 0 atom stereocenters. The second-order valence-corrected chi connectivity index (χ2v) is 4.07. The maximum Gasteiger partial charge on any atom is 0.0697 e. The molecule has 0 aromatic carbocycles. The zero-order valence-electron chi connectivity index (χ0n) is 8.44. The van der Waals surface area contributed by atoms with E-state index in [1.807, 2.05) is 11.7 Å². The minimum Gasteiger partial charge on any atom is -0.381 e. The molecule has 0 bridgehead atoms. The standard InChI is InChI=1S/C10H16N2OS/c1-12-6-9(7-14)10(11-12)8-2-4-13-5-3-8/h6,8,14H,2-5,7H2,1H3. The summed E-state index contributed by atoms with van der Waals surface area (Å²) >= 11 is 4.33. The Bertz CT molecular complexity index is 305. The highest BCUT2D eigenvalue weighted by molar-refractivity contribution is 7.79. The molecule has 0 spiro atoms. The number of aryl methyl sites for hydroxylation is 1. The van der Waals surface area contributed by atoms with Crippen molar-refractivity contribution in [3.8, 4) is 0 Å². The third kappa shape index (κ3) is 1.96. The van der Waals surface area contributed by atoms with Crippen molar-refractivity contribution in [3.63, 3.8) is 0 Å². The quantitative estimate of drug-likeness (QED) is 0.756. The van der Waals surface area contributed by atoms with Crippen LogP contribution in [-0.2, 0) is 17.5 Å². The van der Waals surface area contributed by atoms with E-state index in [9.17, 15) is 0 Å². The van der Waals surface area contributed by atoms with Crippen LogP contribution in [0.3, 0.4) is 0 Å². The number of nitrogens with zero attached hydrogens (tertiary/aromatic N) is 2. The molecule has 0 saturated carbocycles. The number of hydrogen-bond donors (Lipinski definition) is 1. The monoisotopic (exact) mass is 212 g/mol. The van der Waals surface area contributed by atoms with E-state index < -0.39 is 0 Å². The van der Waals surface area contributed by atoms with Crippen LogP contribution in [0.2, 0.25) is 0 Å². The molecule has 4 heteroatoms. The van der Waals surface area contributed by atoms with Crippen molar-refractivity contribution in [3.05, 3.63) is 17.5 Å². The largest absolute Gasteiger partial charge is 0.381 e. The number of ether oxygens (including phenoxy) is 1. The van der Waals surface area contributed by atoms with Gasteiger partial charge < -0.3 is 4.74 Å². The lowest BCUT2D eigenvalue weighted by atomic mass is 9.94. The first-order chi connectivity index (χ1) is 6.81. The summed E-state index contributed by atoms with van der Waals surface area (Å²) in [5.74, 6) is 1.35. The normalized spacial score (nSPS) is 18.7. The smallest absolute Gasteiger partial charge is 0.0697 e. The fourth-order valence-electron chi connectivity index (χ4n) is 1.99. The molecule has 14 heavy (non-hydrogen) atoms. The molecule has 1 aromatic heterocycles. The predicted molar refractivity (Wildman–Crippen MR) is 58.7 cm³/mol. The molecule has 1 aliphatic rings. The van der Waals surface area contributed by atoms with E-state index in [2.05, 4.69) is 23.9 Å². The molecule has 0 amide bonds. The van der Waals surface area contributed by atoms with Crippen LogP contribution in [0.4, 0.5) is 0 Å². The summed E-state index contributed by atoms with van der Waals surface area (Å²) in [6, 6.07) is 0. The Morgan fingerprint density at radius 1 is 1.57 bits per heavy atom. The zero-order valence-corrected chi connectivity index (χ0v) is 9.33. The van der Waals surface area contributed by atoms with Crippen LogP contribution in [0.5, 0.6) is 0 Å². The van der Waals surface area contributed by atoms with Gasteiger partial charge in [0.2, 0.25) is 0 Å². The second kappa shape index (κ2) is 4.36. The molecule has 2 heterocycles. The van der Waals surface area contributed by atoms with Gasteiger partial charge in [-0.3, -0.25) is 4.68 Å². The van der Waals surface area contributed by atoms with E-state index in [0.29, 0.717) is 5.92 Å². The van der Waals surface area contributed by atoms with E-state index >= 15 is 0 Å². The van der Waals surface area contributed by atoms with Crippen molar-refractivity contribution in [1.82, 2.24) is 9.78 Å². The first kappa shape index (κ1) is 10.1. The highest BCUT2D eigenvalue weighted by Gasteiger charge is 2.21. The van der Waals surface area contributed by atoms with Crippen molar-refractivity contribution < 1.29 is 4.74 Å².